The first-order valence-corrected chi connectivity index (χ1v) is 8.01. The number of para-hydroxylation sites is 2. The van der Waals surface area contributed by atoms with E-state index in [-0.39, 0.29) is 4.90 Å². The van der Waals surface area contributed by atoms with Gasteiger partial charge < -0.3 is 4.74 Å². The molecule has 0 bridgehead atoms. The monoisotopic (exact) mass is 309 g/mol. The van der Waals surface area contributed by atoms with Gasteiger partial charge in [0.25, 0.3) is 10.0 Å². The molecule has 0 aromatic heterocycles. The van der Waals surface area contributed by atoms with Crippen molar-refractivity contribution in [2.24, 2.45) is 0 Å². The molecule has 21 heavy (non-hydrogen) atoms. The number of hydrogen-bond acceptors (Lipinski definition) is 3. The second-order valence-corrected chi connectivity index (χ2v) is 6.09. The second kappa shape index (κ2) is 6.58. The Kier molecular flexibility index (Phi) is 4.80. The second-order valence-electron chi connectivity index (χ2n) is 4.40. The van der Waals surface area contributed by atoms with Crippen molar-refractivity contribution in [1.29, 1.82) is 0 Å². The SMILES string of the molecule is CCCOc1ccccc1NS(=O)(=O)c1ccc(F)cc1. The van der Waals surface area contributed by atoms with Crippen molar-refractivity contribution in [3.63, 3.8) is 0 Å². The maximum atomic E-state index is 12.9. The quantitative estimate of drug-likeness (QED) is 0.889. The molecule has 2 rings (SSSR count). The molecule has 2 aromatic rings. The van der Waals surface area contributed by atoms with Crippen LogP contribution in [0.25, 0.3) is 0 Å². The molecule has 0 aliphatic carbocycles. The van der Waals surface area contributed by atoms with E-state index in [1.807, 2.05) is 6.92 Å². The van der Waals surface area contributed by atoms with Crippen LogP contribution >= 0.6 is 0 Å². The third-order valence-corrected chi connectivity index (χ3v) is 4.10. The predicted molar refractivity (Wildman–Crippen MR) is 79.4 cm³/mol. The maximum absolute atomic E-state index is 12.9. The third kappa shape index (κ3) is 3.95. The summed E-state index contributed by atoms with van der Waals surface area (Å²) in [5.41, 5.74) is 0.357. The van der Waals surface area contributed by atoms with Gasteiger partial charge in [-0.05, 0) is 42.8 Å². The minimum atomic E-state index is -3.77. The summed E-state index contributed by atoms with van der Waals surface area (Å²) in [7, 11) is -3.77. The number of anilines is 1. The summed E-state index contributed by atoms with van der Waals surface area (Å²) < 4.78 is 45.3. The number of nitrogens with one attached hydrogen (secondary N) is 1. The molecule has 0 radical (unpaired) electrons. The number of rotatable bonds is 6. The molecule has 112 valence electrons. The van der Waals surface area contributed by atoms with Crippen molar-refractivity contribution >= 4 is 15.7 Å². The minimum Gasteiger partial charge on any atom is -0.491 e. The zero-order chi connectivity index (χ0) is 15.3. The number of hydrogen-bond donors (Lipinski definition) is 1. The van der Waals surface area contributed by atoms with Gasteiger partial charge in [-0.25, -0.2) is 12.8 Å². The van der Waals surface area contributed by atoms with Crippen LogP contribution in [0.15, 0.2) is 53.4 Å². The normalized spacial score (nSPS) is 11.1. The number of benzene rings is 2. The van der Waals surface area contributed by atoms with Gasteiger partial charge in [-0.2, -0.15) is 0 Å². The Morgan fingerprint density at radius 3 is 2.43 bits per heavy atom. The summed E-state index contributed by atoms with van der Waals surface area (Å²) in [5, 5.41) is 0. The Morgan fingerprint density at radius 2 is 1.76 bits per heavy atom. The van der Waals surface area contributed by atoms with E-state index in [2.05, 4.69) is 4.72 Å². The van der Waals surface area contributed by atoms with Crippen molar-refractivity contribution in [1.82, 2.24) is 0 Å². The smallest absolute Gasteiger partial charge is 0.262 e. The highest BCUT2D eigenvalue weighted by Crippen LogP contribution is 2.26. The largest absolute Gasteiger partial charge is 0.491 e. The van der Waals surface area contributed by atoms with Gasteiger partial charge in [0.2, 0.25) is 0 Å². The molecular formula is C15H16FNO3S. The topological polar surface area (TPSA) is 55.4 Å². The van der Waals surface area contributed by atoms with Crippen molar-refractivity contribution in [3.05, 3.63) is 54.3 Å². The minimum absolute atomic E-state index is 0.00538. The lowest BCUT2D eigenvalue weighted by atomic mass is 10.3. The highest BCUT2D eigenvalue weighted by Gasteiger charge is 2.16. The third-order valence-electron chi connectivity index (χ3n) is 2.72. The molecule has 6 heteroatoms. The Morgan fingerprint density at radius 1 is 1.10 bits per heavy atom. The van der Waals surface area contributed by atoms with Gasteiger partial charge in [0.15, 0.2) is 0 Å². The molecule has 0 saturated carbocycles. The van der Waals surface area contributed by atoms with Crippen molar-refractivity contribution in [2.75, 3.05) is 11.3 Å². The van der Waals surface area contributed by atoms with E-state index < -0.39 is 15.8 Å². The van der Waals surface area contributed by atoms with Crippen LogP contribution in [0.1, 0.15) is 13.3 Å². The van der Waals surface area contributed by atoms with Gasteiger partial charge in [-0.1, -0.05) is 19.1 Å². The van der Waals surface area contributed by atoms with Crippen LogP contribution in [0.2, 0.25) is 0 Å². The summed E-state index contributed by atoms with van der Waals surface area (Å²) in [4.78, 5) is -0.00538. The molecule has 2 aromatic carbocycles. The van der Waals surface area contributed by atoms with Gasteiger partial charge in [0, 0.05) is 0 Å². The summed E-state index contributed by atoms with van der Waals surface area (Å²) in [5.74, 6) is -0.0225. The molecule has 0 heterocycles. The van der Waals surface area contributed by atoms with Crippen LogP contribution in [0.4, 0.5) is 10.1 Å². The first-order valence-electron chi connectivity index (χ1n) is 6.53. The van der Waals surface area contributed by atoms with Crippen molar-refractivity contribution in [3.8, 4) is 5.75 Å². The Balaban J connectivity index is 2.26. The first-order chi connectivity index (χ1) is 10.0. The Bertz CT molecular complexity index is 699. The van der Waals surface area contributed by atoms with E-state index in [1.54, 1.807) is 24.3 Å². The lowest BCUT2D eigenvalue weighted by Crippen LogP contribution is -2.14. The van der Waals surface area contributed by atoms with Gasteiger partial charge in [-0.3, -0.25) is 4.72 Å². The zero-order valence-electron chi connectivity index (χ0n) is 11.5. The number of halogens is 1. The number of sulfonamides is 1. The molecule has 0 saturated heterocycles. The van der Waals surface area contributed by atoms with Gasteiger partial charge in [0.05, 0.1) is 17.2 Å². The molecular weight excluding hydrogens is 293 g/mol. The van der Waals surface area contributed by atoms with E-state index in [0.717, 1.165) is 18.6 Å². The van der Waals surface area contributed by atoms with Crippen molar-refractivity contribution < 1.29 is 17.5 Å². The van der Waals surface area contributed by atoms with Crippen LogP contribution < -0.4 is 9.46 Å². The zero-order valence-corrected chi connectivity index (χ0v) is 12.4. The van der Waals surface area contributed by atoms with Crippen LogP contribution in [0.5, 0.6) is 5.75 Å². The van der Waals surface area contributed by atoms with E-state index in [4.69, 9.17) is 4.74 Å². The van der Waals surface area contributed by atoms with Crippen molar-refractivity contribution in [2.45, 2.75) is 18.2 Å². The molecule has 1 N–H and O–H groups in total. The molecule has 0 aliphatic rings. The maximum Gasteiger partial charge on any atom is 0.262 e. The Hall–Kier alpha value is -2.08. The molecule has 0 spiro atoms. The lowest BCUT2D eigenvalue weighted by molar-refractivity contribution is 0.319. The molecule has 0 fully saturated rings. The van der Waals surface area contributed by atoms with Gasteiger partial charge >= 0.3 is 0 Å². The average molecular weight is 309 g/mol. The van der Waals surface area contributed by atoms with E-state index in [1.165, 1.54) is 12.1 Å². The summed E-state index contributed by atoms with van der Waals surface area (Å²) in [6.07, 6.45) is 0.818. The summed E-state index contributed by atoms with van der Waals surface area (Å²) in [6.45, 7) is 2.46. The molecule has 0 amide bonds. The fraction of sp³-hybridized carbons (Fsp3) is 0.200. The Labute approximate surface area is 123 Å². The standard InChI is InChI=1S/C15H16FNO3S/c1-2-11-20-15-6-4-3-5-14(15)17-21(18,19)13-9-7-12(16)8-10-13/h3-10,17H,2,11H2,1H3. The fourth-order valence-corrected chi connectivity index (χ4v) is 2.78. The van der Waals surface area contributed by atoms with Crippen LogP contribution in [0.3, 0.4) is 0 Å². The molecule has 4 nitrogen and oxygen atoms in total. The summed E-state index contributed by atoms with van der Waals surface area (Å²) in [6, 6.07) is 11.4. The van der Waals surface area contributed by atoms with E-state index >= 15 is 0 Å². The van der Waals surface area contributed by atoms with Gasteiger partial charge in [-0.15, -0.1) is 0 Å². The highest BCUT2D eigenvalue weighted by molar-refractivity contribution is 7.92. The predicted octanol–water partition coefficient (Wildman–Crippen LogP) is 3.42. The summed E-state index contributed by atoms with van der Waals surface area (Å²) >= 11 is 0. The highest BCUT2D eigenvalue weighted by atomic mass is 32.2. The van der Waals surface area contributed by atoms with Crippen LogP contribution in [-0.2, 0) is 10.0 Å². The lowest BCUT2D eigenvalue weighted by Gasteiger charge is -2.13. The average Bonchev–Trinajstić information content (AvgIpc) is 2.46. The molecule has 0 atom stereocenters. The van der Waals surface area contributed by atoms with E-state index in [9.17, 15) is 12.8 Å². The fourth-order valence-electron chi connectivity index (χ4n) is 1.71. The first kappa shape index (κ1) is 15.3. The molecule has 0 aliphatic heterocycles. The number of ether oxygens (including phenoxy) is 1. The van der Waals surface area contributed by atoms with E-state index in [0.29, 0.717) is 18.0 Å². The van der Waals surface area contributed by atoms with Crippen LogP contribution in [-0.4, -0.2) is 15.0 Å². The van der Waals surface area contributed by atoms with Gasteiger partial charge in [0.1, 0.15) is 11.6 Å². The van der Waals surface area contributed by atoms with Crippen LogP contribution in [0, 0.1) is 5.82 Å². The molecule has 0 unspecified atom stereocenters.